The highest BCUT2D eigenvalue weighted by Crippen LogP contribution is 2.23. The molecule has 0 bridgehead atoms. The molecule has 0 aliphatic rings. The molecule has 0 aliphatic carbocycles. The minimum Gasteiger partial charge on any atom is -0.351 e. The topological polar surface area (TPSA) is 46.3 Å². The lowest BCUT2D eigenvalue weighted by molar-refractivity contribution is 0.253. The number of anilines is 1. The van der Waals surface area contributed by atoms with Gasteiger partial charge in [0.15, 0.2) is 0 Å². The molecule has 176 valence electrons. The molecule has 0 saturated carbocycles. The molecule has 2 rings (SSSR count). The second-order valence-electron chi connectivity index (χ2n) is 9.51. The van der Waals surface area contributed by atoms with Gasteiger partial charge in [-0.25, -0.2) is 4.79 Å². The van der Waals surface area contributed by atoms with Crippen molar-refractivity contribution in [3.63, 3.8) is 0 Å². The highest BCUT2D eigenvalue weighted by atomic mass is 16.2. The van der Waals surface area contributed by atoms with Crippen LogP contribution in [-0.2, 0) is 19.3 Å². The van der Waals surface area contributed by atoms with Crippen molar-refractivity contribution in [1.82, 2.24) is 0 Å². The molecule has 3 nitrogen and oxygen atoms in total. The van der Waals surface area contributed by atoms with Crippen LogP contribution in [-0.4, -0.2) is 12.6 Å². The number of hydrogen-bond donors (Lipinski definition) is 1. The van der Waals surface area contributed by atoms with Crippen LogP contribution in [0.2, 0.25) is 0 Å². The second-order valence-corrected chi connectivity index (χ2v) is 9.51. The zero-order valence-electron chi connectivity index (χ0n) is 20.6. The van der Waals surface area contributed by atoms with Gasteiger partial charge in [-0.15, -0.1) is 0 Å². The number of unbranched alkanes of at least 4 members (excludes halogenated alkanes) is 7. The summed E-state index contributed by atoms with van der Waals surface area (Å²) in [7, 11) is 0. The minimum atomic E-state index is -0.349. The SMILES string of the molecule is CCCCCCCCCCN(C(N)=O)c1ccccc1CCc1ccc(CC(C)C)cc1. The van der Waals surface area contributed by atoms with E-state index in [1.165, 1.54) is 55.2 Å². The van der Waals surface area contributed by atoms with E-state index in [0.29, 0.717) is 12.5 Å². The van der Waals surface area contributed by atoms with Crippen molar-refractivity contribution in [3.05, 3.63) is 65.2 Å². The lowest BCUT2D eigenvalue weighted by Gasteiger charge is -2.23. The average Bonchev–Trinajstić information content (AvgIpc) is 2.77. The highest BCUT2D eigenvalue weighted by molar-refractivity contribution is 5.91. The van der Waals surface area contributed by atoms with Gasteiger partial charge in [-0.1, -0.05) is 108 Å². The van der Waals surface area contributed by atoms with E-state index < -0.39 is 0 Å². The van der Waals surface area contributed by atoms with Gasteiger partial charge in [-0.2, -0.15) is 0 Å². The van der Waals surface area contributed by atoms with Crippen LogP contribution < -0.4 is 10.6 Å². The van der Waals surface area contributed by atoms with Crippen LogP contribution in [0.3, 0.4) is 0 Å². The molecule has 0 atom stereocenters. The van der Waals surface area contributed by atoms with Crippen LogP contribution in [0.15, 0.2) is 48.5 Å². The van der Waals surface area contributed by atoms with Crippen LogP contribution in [0.4, 0.5) is 10.5 Å². The number of nitrogens with two attached hydrogens (primary N) is 1. The molecule has 0 unspecified atom stereocenters. The lowest BCUT2D eigenvalue weighted by Crippen LogP contribution is -2.37. The first-order valence-corrected chi connectivity index (χ1v) is 12.7. The summed E-state index contributed by atoms with van der Waals surface area (Å²) in [6.45, 7) is 7.46. The van der Waals surface area contributed by atoms with Crippen LogP contribution >= 0.6 is 0 Å². The number of nitrogens with zero attached hydrogens (tertiary/aromatic N) is 1. The molecule has 2 N–H and O–H groups in total. The zero-order chi connectivity index (χ0) is 23.2. The number of rotatable bonds is 15. The van der Waals surface area contributed by atoms with Gasteiger partial charge in [0, 0.05) is 12.2 Å². The molecule has 0 saturated heterocycles. The Morgan fingerprint density at radius 3 is 2.03 bits per heavy atom. The molecule has 0 fully saturated rings. The van der Waals surface area contributed by atoms with Crippen molar-refractivity contribution < 1.29 is 4.79 Å². The Kier molecular flexibility index (Phi) is 11.9. The number of urea groups is 1. The summed E-state index contributed by atoms with van der Waals surface area (Å²) in [6, 6.07) is 16.9. The monoisotopic (exact) mass is 436 g/mol. The van der Waals surface area contributed by atoms with E-state index in [4.69, 9.17) is 5.73 Å². The van der Waals surface area contributed by atoms with E-state index in [1.807, 2.05) is 12.1 Å². The molecular weight excluding hydrogens is 392 g/mol. The number of amides is 2. The molecular formula is C29H44N2O. The van der Waals surface area contributed by atoms with Crippen LogP contribution in [0.25, 0.3) is 0 Å². The maximum Gasteiger partial charge on any atom is 0.319 e. The third-order valence-corrected chi connectivity index (χ3v) is 6.13. The maximum atomic E-state index is 12.2. The average molecular weight is 437 g/mol. The third-order valence-electron chi connectivity index (χ3n) is 6.13. The standard InChI is InChI=1S/C29H44N2O/c1-4-5-6-7-8-9-10-13-22-31(29(30)32)28-15-12-11-14-27(28)21-20-25-16-18-26(19-17-25)23-24(2)3/h11-12,14-19,24H,4-10,13,20-23H2,1-3H3,(H2,30,32). The number of carbonyl (C=O) groups is 1. The first-order valence-electron chi connectivity index (χ1n) is 12.7. The Hall–Kier alpha value is -2.29. The molecule has 0 aliphatic heterocycles. The molecule has 0 aromatic heterocycles. The van der Waals surface area contributed by atoms with Crippen molar-refractivity contribution in [2.45, 2.75) is 91.4 Å². The summed E-state index contributed by atoms with van der Waals surface area (Å²) >= 11 is 0. The third kappa shape index (κ3) is 9.46. The van der Waals surface area contributed by atoms with Crippen molar-refractivity contribution in [2.75, 3.05) is 11.4 Å². The van der Waals surface area contributed by atoms with Crippen LogP contribution in [0.1, 0.15) is 88.8 Å². The molecule has 32 heavy (non-hydrogen) atoms. The molecule has 0 heterocycles. The number of para-hydroxylation sites is 1. The number of carbonyl (C=O) groups excluding carboxylic acids is 1. The quantitative estimate of drug-likeness (QED) is 0.286. The summed E-state index contributed by atoms with van der Waals surface area (Å²) in [6.07, 6.45) is 13.0. The fourth-order valence-corrected chi connectivity index (χ4v) is 4.33. The lowest BCUT2D eigenvalue weighted by atomic mass is 9.98. The maximum absolute atomic E-state index is 12.2. The van der Waals surface area contributed by atoms with Crippen molar-refractivity contribution in [3.8, 4) is 0 Å². The predicted molar refractivity (Wildman–Crippen MR) is 138 cm³/mol. The normalized spacial score (nSPS) is 11.1. The Labute approximate surface area is 196 Å². The highest BCUT2D eigenvalue weighted by Gasteiger charge is 2.15. The van der Waals surface area contributed by atoms with Gasteiger partial charge < -0.3 is 5.73 Å². The fraction of sp³-hybridized carbons (Fsp3) is 0.552. The minimum absolute atomic E-state index is 0.349. The van der Waals surface area contributed by atoms with Gasteiger partial charge >= 0.3 is 6.03 Å². The Balaban J connectivity index is 1.90. The van der Waals surface area contributed by atoms with Gasteiger partial charge in [0.25, 0.3) is 0 Å². The number of hydrogen-bond acceptors (Lipinski definition) is 1. The summed E-state index contributed by atoms with van der Waals surface area (Å²) in [4.78, 5) is 14.0. The summed E-state index contributed by atoms with van der Waals surface area (Å²) in [5.74, 6) is 0.675. The molecule has 0 spiro atoms. The Morgan fingerprint density at radius 1 is 0.812 bits per heavy atom. The largest absolute Gasteiger partial charge is 0.351 e. The molecule has 2 aromatic rings. The first-order chi connectivity index (χ1) is 15.5. The van der Waals surface area contributed by atoms with E-state index in [2.05, 4.69) is 57.2 Å². The molecule has 2 amide bonds. The Morgan fingerprint density at radius 2 is 1.41 bits per heavy atom. The van der Waals surface area contributed by atoms with Gasteiger partial charge in [-0.3, -0.25) is 4.90 Å². The van der Waals surface area contributed by atoms with Crippen molar-refractivity contribution in [1.29, 1.82) is 0 Å². The van der Waals surface area contributed by atoms with Crippen LogP contribution in [0.5, 0.6) is 0 Å². The van der Waals surface area contributed by atoms with E-state index >= 15 is 0 Å². The van der Waals surface area contributed by atoms with Crippen molar-refractivity contribution in [2.24, 2.45) is 11.7 Å². The fourth-order valence-electron chi connectivity index (χ4n) is 4.33. The van der Waals surface area contributed by atoms with Gasteiger partial charge in [-0.05, 0) is 54.4 Å². The van der Waals surface area contributed by atoms with E-state index in [9.17, 15) is 4.79 Å². The number of aryl methyl sites for hydroxylation is 2. The second kappa shape index (κ2) is 14.7. The van der Waals surface area contributed by atoms with Gasteiger partial charge in [0.1, 0.15) is 0 Å². The van der Waals surface area contributed by atoms with E-state index in [-0.39, 0.29) is 6.03 Å². The summed E-state index contributed by atoms with van der Waals surface area (Å²) < 4.78 is 0. The Bertz CT molecular complexity index is 782. The smallest absolute Gasteiger partial charge is 0.319 e. The number of primary amides is 1. The van der Waals surface area contributed by atoms with Crippen LogP contribution in [0, 0.1) is 5.92 Å². The van der Waals surface area contributed by atoms with Crippen molar-refractivity contribution >= 4 is 11.7 Å². The van der Waals surface area contributed by atoms with Gasteiger partial charge in [0.2, 0.25) is 0 Å². The predicted octanol–water partition coefficient (Wildman–Crippen LogP) is 7.70. The van der Waals surface area contributed by atoms with Gasteiger partial charge in [0.05, 0.1) is 0 Å². The zero-order valence-corrected chi connectivity index (χ0v) is 20.6. The number of benzene rings is 2. The molecule has 2 aromatic carbocycles. The first kappa shape index (κ1) is 26.0. The van der Waals surface area contributed by atoms with E-state index in [0.717, 1.165) is 37.8 Å². The summed E-state index contributed by atoms with van der Waals surface area (Å²) in [5.41, 5.74) is 10.7. The summed E-state index contributed by atoms with van der Waals surface area (Å²) in [5, 5.41) is 0. The molecule has 3 heteroatoms. The molecule has 0 radical (unpaired) electrons. The van der Waals surface area contributed by atoms with E-state index in [1.54, 1.807) is 4.90 Å².